The zero-order valence-corrected chi connectivity index (χ0v) is 13.0. The van der Waals surface area contributed by atoms with Gasteiger partial charge in [-0.2, -0.15) is 0 Å². The number of aliphatic hydroxyl groups excluding tert-OH is 1. The van der Waals surface area contributed by atoms with Crippen LogP contribution in [0.3, 0.4) is 0 Å². The first-order valence-corrected chi connectivity index (χ1v) is 7.61. The van der Waals surface area contributed by atoms with Crippen LogP contribution in [0.5, 0.6) is 0 Å². The van der Waals surface area contributed by atoms with E-state index < -0.39 is 0 Å². The minimum absolute atomic E-state index is 0.321. The fraction of sp³-hybridized carbons (Fsp3) is 0.933. The molecule has 0 heterocycles. The molecule has 0 saturated heterocycles. The van der Waals surface area contributed by atoms with Gasteiger partial charge in [0.2, 0.25) is 5.91 Å². The lowest BCUT2D eigenvalue weighted by Crippen LogP contribution is -2.37. The Bertz CT molecular complexity index is 173. The molecule has 0 atom stereocenters. The smallest absolute Gasteiger partial charge is 0.223 e. The van der Waals surface area contributed by atoms with Crippen LogP contribution in [-0.2, 0) is 4.79 Å². The van der Waals surface area contributed by atoms with Gasteiger partial charge in [-0.15, -0.1) is 0 Å². The summed E-state index contributed by atoms with van der Waals surface area (Å²) in [5, 5.41) is 10.1. The Labute approximate surface area is 113 Å². The van der Waals surface area contributed by atoms with Crippen LogP contribution in [-0.4, -0.2) is 24.2 Å². The van der Waals surface area contributed by atoms with E-state index in [0.717, 1.165) is 20.0 Å². The maximum atomic E-state index is 11.4. The lowest BCUT2D eigenvalue weighted by Gasteiger charge is -2.22. The van der Waals surface area contributed by atoms with Gasteiger partial charge >= 0.3 is 0 Å². The third-order valence-electron chi connectivity index (χ3n) is 2.90. The standard InChI is InChI=1S/C10H17NO.2C2H6.CH4O/c12-10(8-6-7-8)11-9-4-2-1-3-5-9;3*1-2/h8-9H,1-7H2,(H,11,12);2*1-2H3;2H,1H3. The number of carbonyl (C=O) groups is 1. The number of hydrogen-bond donors (Lipinski definition) is 2. The largest absolute Gasteiger partial charge is 0.400 e. The number of nitrogens with one attached hydrogen (secondary N) is 1. The van der Waals surface area contributed by atoms with E-state index in [1.165, 1.54) is 32.1 Å². The van der Waals surface area contributed by atoms with Crippen molar-refractivity contribution in [3.8, 4) is 0 Å². The summed E-state index contributed by atoms with van der Waals surface area (Å²) in [6.07, 6.45) is 8.62. The van der Waals surface area contributed by atoms with Crippen molar-refractivity contribution >= 4 is 5.91 Å². The van der Waals surface area contributed by atoms with Gasteiger partial charge in [-0.1, -0.05) is 47.0 Å². The van der Waals surface area contributed by atoms with Gasteiger partial charge in [-0.25, -0.2) is 0 Å². The molecule has 0 aliphatic heterocycles. The molecule has 18 heavy (non-hydrogen) atoms. The second-order valence-corrected chi connectivity index (χ2v) is 4.12. The van der Waals surface area contributed by atoms with Crippen molar-refractivity contribution in [2.75, 3.05) is 7.11 Å². The van der Waals surface area contributed by atoms with Crippen LogP contribution in [0.25, 0.3) is 0 Å². The fourth-order valence-corrected chi connectivity index (χ4v) is 1.91. The van der Waals surface area contributed by atoms with Gasteiger partial charge in [-0.3, -0.25) is 4.79 Å². The van der Waals surface area contributed by atoms with Gasteiger partial charge in [0.05, 0.1) is 0 Å². The van der Waals surface area contributed by atoms with Crippen LogP contribution in [0.1, 0.15) is 72.6 Å². The van der Waals surface area contributed by atoms with Crippen LogP contribution in [0.2, 0.25) is 0 Å². The van der Waals surface area contributed by atoms with Crippen LogP contribution in [0.4, 0.5) is 0 Å². The third-order valence-corrected chi connectivity index (χ3v) is 2.90. The minimum atomic E-state index is 0.321. The van der Waals surface area contributed by atoms with Crippen LogP contribution < -0.4 is 5.32 Å². The lowest BCUT2D eigenvalue weighted by atomic mass is 9.95. The van der Waals surface area contributed by atoms with Crippen molar-refractivity contribution in [2.45, 2.75) is 78.7 Å². The molecular weight excluding hydrogens is 226 g/mol. The van der Waals surface area contributed by atoms with Gasteiger partial charge in [-0.05, 0) is 25.7 Å². The summed E-state index contributed by atoms with van der Waals surface area (Å²) in [7, 11) is 1.00. The first-order valence-electron chi connectivity index (χ1n) is 7.61. The van der Waals surface area contributed by atoms with E-state index in [1.807, 2.05) is 27.7 Å². The molecule has 3 heteroatoms. The number of amides is 1. The molecular formula is C15H33NO2. The van der Waals surface area contributed by atoms with Crippen LogP contribution in [0, 0.1) is 5.92 Å². The predicted molar refractivity (Wildman–Crippen MR) is 78.6 cm³/mol. The molecule has 2 fully saturated rings. The average Bonchev–Trinajstić information content (AvgIpc) is 3.31. The van der Waals surface area contributed by atoms with E-state index in [4.69, 9.17) is 5.11 Å². The monoisotopic (exact) mass is 259 g/mol. The highest BCUT2D eigenvalue weighted by molar-refractivity contribution is 5.81. The molecule has 110 valence electrons. The Morgan fingerprint density at radius 2 is 1.33 bits per heavy atom. The summed E-state index contributed by atoms with van der Waals surface area (Å²) in [5.41, 5.74) is 0. The van der Waals surface area contributed by atoms with Gasteiger partial charge in [0.1, 0.15) is 0 Å². The molecule has 2 N–H and O–H groups in total. The van der Waals surface area contributed by atoms with E-state index >= 15 is 0 Å². The van der Waals surface area contributed by atoms with E-state index in [9.17, 15) is 4.79 Å². The van der Waals surface area contributed by atoms with Crippen molar-refractivity contribution < 1.29 is 9.90 Å². The van der Waals surface area contributed by atoms with Gasteiger partial charge in [0, 0.05) is 19.1 Å². The third kappa shape index (κ3) is 9.46. The predicted octanol–water partition coefficient (Wildman–Crippen LogP) is 3.51. The van der Waals surface area contributed by atoms with E-state index in [2.05, 4.69) is 5.32 Å². The number of carbonyl (C=O) groups excluding carboxylic acids is 1. The summed E-state index contributed by atoms with van der Waals surface area (Å²) in [4.78, 5) is 11.4. The molecule has 2 saturated carbocycles. The summed E-state index contributed by atoms with van der Waals surface area (Å²) in [5.74, 6) is 0.703. The Morgan fingerprint density at radius 1 is 0.889 bits per heavy atom. The Hall–Kier alpha value is -0.570. The number of rotatable bonds is 2. The maximum absolute atomic E-state index is 11.4. The zero-order chi connectivity index (χ0) is 14.4. The summed E-state index contributed by atoms with van der Waals surface area (Å²) < 4.78 is 0. The summed E-state index contributed by atoms with van der Waals surface area (Å²) >= 11 is 0. The molecule has 0 spiro atoms. The van der Waals surface area contributed by atoms with Gasteiger partial charge in [0.15, 0.2) is 0 Å². The second kappa shape index (κ2) is 14.5. The van der Waals surface area contributed by atoms with Crippen molar-refractivity contribution in [3.05, 3.63) is 0 Å². The van der Waals surface area contributed by atoms with E-state index in [-0.39, 0.29) is 0 Å². The van der Waals surface area contributed by atoms with E-state index in [1.54, 1.807) is 0 Å². The molecule has 0 bridgehead atoms. The molecule has 3 nitrogen and oxygen atoms in total. The van der Waals surface area contributed by atoms with Gasteiger partial charge in [0.25, 0.3) is 0 Å². The fourth-order valence-electron chi connectivity index (χ4n) is 1.91. The highest BCUT2D eigenvalue weighted by Gasteiger charge is 2.30. The molecule has 1 amide bonds. The highest BCUT2D eigenvalue weighted by Crippen LogP contribution is 2.29. The highest BCUT2D eigenvalue weighted by atomic mass is 16.2. The average molecular weight is 259 g/mol. The maximum Gasteiger partial charge on any atom is 0.223 e. The summed E-state index contributed by atoms with van der Waals surface area (Å²) in [6, 6.07) is 0.506. The number of hydrogen-bond acceptors (Lipinski definition) is 2. The molecule has 2 rings (SSSR count). The molecule has 0 aromatic heterocycles. The van der Waals surface area contributed by atoms with Crippen molar-refractivity contribution in [1.29, 1.82) is 0 Å². The Morgan fingerprint density at radius 3 is 1.72 bits per heavy atom. The molecule has 0 unspecified atom stereocenters. The molecule has 2 aliphatic rings. The van der Waals surface area contributed by atoms with E-state index in [0.29, 0.717) is 17.9 Å². The molecule has 0 aromatic rings. The van der Waals surface area contributed by atoms with Crippen LogP contribution in [0.15, 0.2) is 0 Å². The quantitative estimate of drug-likeness (QED) is 0.797. The minimum Gasteiger partial charge on any atom is -0.400 e. The lowest BCUT2D eigenvalue weighted by molar-refractivity contribution is -0.123. The Balaban J connectivity index is 0. The molecule has 0 aromatic carbocycles. The molecule has 2 aliphatic carbocycles. The van der Waals surface area contributed by atoms with Crippen molar-refractivity contribution in [1.82, 2.24) is 5.32 Å². The SMILES string of the molecule is CC.CC.CO.O=C(NC1CCCCC1)C1CC1. The zero-order valence-electron chi connectivity index (χ0n) is 13.0. The first kappa shape index (κ1) is 19.8. The van der Waals surface area contributed by atoms with Crippen LogP contribution >= 0.6 is 0 Å². The van der Waals surface area contributed by atoms with Crippen molar-refractivity contribution in [3.63, 3.8) is 0 Å². The first-order chi connectivity index (χ1) is 8.86. The second-order valence-electron chi connectivity index (χ2n) is 4.12. The Kier molecular flexibility index (Phi) is 15.9. The molecule has 0 radical (unpaired) electrons. The van der Waals surface area contributed by atoms with Gasteiger partial charge < -0.3 is 10.4 Å². The topological polar surface area (TPSA) is 49.3 Å². The summed E-state index contributed by atoms with van der Waals surface area (Å²) in [6.45, 7) is 8.00. The van der Waals surface area contributed by atoms with Crippen molar-refractivity contribution in [2.24, 2.45) is 5.92 Å². The number of aliphatic hydroxyl groups is 1. The normalized spacial score (nSPS) is 17.9.